The molecule has 2 aromatic rings. The van der Waals surface area contributed by atoms with Gasteiger partial charge in [-0.05, 0) is 35.4 Å². The highest BCUT2D eigenvalue weighted by Crippen LogP contribution is 2.34. The van der Waals surface area contributed by atoms with Gasteiger partial charge in [0.05, 0.1) is 5.69 Å². The van der Waals surface area contributed by atoms with E-state index in [4.69, 9.17) is 31.2 Å². The number of carboxylic acids is 3. The summed E-state index contributed by atoms with van der Waals surface area (Å²) in [5, 5.41) is 27.1. The molecule has 0 bridgehead atoms. The van der Waals surface area contributed by atoms with Crippen LogP contribution in [0.2, 0.25) is 0 Å². The smallest absolute Gasteiger partial charge is 0.341 e. The van der Waals surface area contributed by atoms with Crippen LogP contribution in [0.1, 0.15) is 0 Å². The third-order valence-corrected chi connectivity index (χ3v) is 3.81. The van der Waals surface area contributed by atoms with Crippen LogP contribution in [0, 0.1) is 12.3 Å². The molecule has 0 aliphatic heterocycles. The van der Waals surface area contributed by atoms with E-state index in [1.807, 2.05) is 0 Å². The predicted molar refractivity (Wildman–Crippen MR) is 107 cm³/mol. The molecule has 0 aliphatic rings. The molecule has 0 spiro atoms. The third-order valence-electron chi connectivity index (χ3n) is 3.81. The summed E-state index contributed by atoms with van der Waals surface area (Å²) in [6, 6.07) is 11.6. The Morgan fingerprint density at radius 3 is 2.00 bits per heavy atom. The average Bonchev–Trinajstić information content (AvgIpc) is 2.69. The first kappa shape index (κ1) is 22.1. The Kier molecular flexibility index (Phi) is 7.65. The molecule has 0 radical (unpaired) electrons. The number of rotatable bonds is 11. The highest BCUT2D eigenvalue weighted by atomic mass is 16.5. The Hall–Kier alpha value is -4.19. The van der Waals surface area contributed by atoms with Gasteiger partial charge in [-0.2, -0.15) is 0 Å². The van der Waals surface area contributed by atoms with Crippen molar-refractivity contribution in [2.24, 2.45) is 0 Å². The minimum Gasteiger partial charge on any atom is -0.481 e. The van der Waals surface area contributed by atoms with Gasteiger partial charge in [-0.25, -0.2) is 4.79 Å². The molecule has 0 atom stereocenters. The molecule has 0 amide bonds. The lowest BCUT2D eigenvalue weighted by Gasteiger charge is -2.24. The number of ether oxygens (including phenoxy) is 2. The Morgan fingerprint density at radius 2 is 1.47 bits per heavy atom. The van der Waals surface area contributed by atoms with E-state index >= 15 is 0 Å². The molecule has 9 heteroatoms. The molecular weight excluding hydrogens is 394 g/mol. The van der Waals surface area contributed by atoms with E-state index in [0.29, 0.717) is 11.3 Å². The molecule has 9 nitrogen and oxygen atoms in total. The van der Waals surface area contributed by atoms with Crippen molar-refractivity contribution in [2.45, 2.75) is 0 Å². The van der Waals surface area contributed by atoms with Crippen molar-refractivity contribution in [3.8, 4) is 35.0 Å². The number of aliphatic carboxylic acids is 3. The molecule has 0 aliphatic carbocycles. The zero-order valence-corrected chi connectivity index (χ0v) is 15.8. The van der Waals surface area contributed by atoms with Crippen LogP contribution in [-0.4, -0.2) is 59.5 Å². The van der Waals surface area contributed by atoms with Gasteiger partial charge in [0, 0.05) is 0 Å². The number of hydrogen-bond acceptors (Lipinski definition) is 6. The number of carbonyl (C=O) groups is 3. The quantitative estimate of drug-likeness (QED) is 0.472. The van der Waals surface area contributed by atoms with Crippen LogP contribution in [-0.2, 0) is 14.4 Å². The lowest BCUT2D eigenvalue weighted by Crippen LogP contribution is -2.34. The zero-order valence-electron chi connectivity index (χ0n) is 15.8. The van der Waals surface area contributed by atoms with Crippen molar-refractivity contribution in [3.63, 3.8) is 0 Å². The first-order valence-electron chi connectivity index (χ1n) is 8.64. The summed E-state index contributed by atoms with van der Waals surface area (Å²) in [5.41, 5.74) is 1.55. The van der Waals surface area contributed by atoms with Crippen molar-refractivity contribution in [1.29, 1.82) is 0 Å². The van der Waals surface area contributed by atoms with E-state index in [9.17, 15) is 14.4 Å². The highest BCUT2D eigenvalue weighted by Gasteiger charge is 2.19. The molecule has 3 N–H and O–H groups in total. The summed E-state index contributed by atoms with van der Waals surface area (Å²) in [6.45, 7) is -1.75. The van der Waals surface area contributed by atoms with Crippen LogP contribution in [0.15, 0.2) is 42.5 Å². The summed E-state index contributed by atoms with van der Waals surface area (Å²) < 4.78 is 10.6. The number of carboxylic acid groups (broad SMARTS) is 3. The van der Waals surface area contributed by atoms with Gasteiger partial charge in [0.25, 0.3) is 0 Å². The van der Waals surface area contributed by atoms with Crippen molar-refractivity contribution in [3.05, 3.63) is 42.5 Å². The van der Waals surface area contributed by atoms with E-state index in [1.165, 1.54) is 12.1 Å². The monoisotopic (exact) mass is 413 g/mol. The van der Waals surface area contributed by atoms with Crippen molar-refractivity contribution >= 4 is 23.6 Å². The maximum Gasteiger partial charge on any atom is 0.341 e. The predicted octanol–water partition coefficient (Wildman–Crippen LogP) is 1.80. The summed E-state index contributed by atoms with van der Waals surface area (Å²) in [5.74, 6) is -0.737. The van der Waals surface area contributed by atoms with E-state index in [1.54, 1.807) is 30.3 Å². The number of anilines is 1. The molecule has 0 aromatic heterocycles. The largest absolute Gasteiger partial charge is 0.481 e. The van der Waals surface area contributed by atoms with Gasteiger partial charge < -0.3 is 29.7 Å². The Balaban J connectivity index is 2.41. The second kappa shape index (κ2) is 10.4. The Bertz CT molecular complexity index is 946. The summed E-state index contributed by atoms with van der Waals surface area (Å²) >= 11 is 0. The number of hydrogen-bond donors (Lipinski definition) is 3. The normalized spacial score (nSPS) is 9.97. The van der Waals surface area contributed by atoms with Crippen molar-refractivity contribution in [2.75, 3.05) is 31.2 Å². The minimum atomic E-state index is -1.24. The molecule has 30 heavy (non-hydrogen) atoms. The molecule has 0 unspecified atom stereocenters. The van der Waals surface area contributed by atoms with Gasteiger partial charge in [-0.15, -0.1) is 6.42 Å². The third kappa shape index (κ3) is 6.45. The van der Waals surface area contributed by atoms with Gasteiger partial charge in [0.1, 0.15) is 31.2 Å². The highest BCUT2D eigenvalue weighted by molar-refractivity contribution is 5.82. The fourth-order valence-electron chi connectivity index (χ4n) is 2.63. The number of nitrogens with zero attached hydrogens (tertiary/aromatic N) is 1. The van der Waals surface area contributed by atoms with Crippen molar-refractivity contribution < 1.29 is 39.2 Å². The van der Waals surface area contributed by atoms with Gasteiger partial charge in [0.15, 0.2) is 6.61 Å². The molecule has 0 heterocycles. The second-order valence-corrected chi connectivity index (χ2v) is 6.03. The molecule has 0 fully saturated rings. The molecular formula is C21H19NO8. The van der Waals surface area contributed by atoms with E-state index in [-0.39, 0.29) is 18.0 Å². The van der Waals surface area contributed by atoms with Crippen LogP contribution < -0.4 is 14.4 Å². The first-order valence-corrected chi connectivity index (χ1v) is 8.64. The van der Waals surface area contributed by atoms with E-state index in [2.05, 4.69) is 5.92 Å². The van der Waals surface area contributed by atoms with Crippen LogP contribution in [0.5, 0.6) is 11.5 Å². The van der Waals surface area contributed by atoms with Gasteiger partial charge >= 0.3 is 17.9 Å². The van der Waals surface area contributed by atoms with Crippen LogP contribution >= 0.6 is 0 Å². The van der Waals surface area contributed by atoms with Crippen molar-refractivity contribution in [1.82, 2.24) is 0 Å². The topological polar surface area (TPSA) is 134 Å². The Morgan fingerprint density at radius 1 is 0.867 bits per heavy atom. The van der Waals surface area contributed by atoms with Crippen LogP contribution in [0.25, 0.3) is 11.1 Å². The van der Waals surface area contributed by atoms with E-state index < -0.39 is 37.6 Å². The molecule has 156 valence electrons. The number of terminal acetylenes is 1. The molecule has 0 saturated heterocycles. The lowest BCUT2D eigenvalue weighted by molar-refractivity contribution is -0.140. The summed E-state index contributed by atoms with van der Waals surface area (Å²) in [4.78, 5) is 34.3. The second-order valence-electron chi connectivity index (χ2n) is 6.03. The SMILES string of the molecule is C#CCOc1ccc(-c2ccc(N(CC(=O)O)CC(=O)O)c(OCC(=O)O)c2)cc1. The van der Waals surface area contributed by atoms with Crippen LogP contribution in [0.3, 0.4) is 0 Å². The maximum atomic E-state index is 11.1. The van der Waals surface area contributed by atoms with Gasteiger partial charge in [-0.1, -0.05) is 24.1 Å². The van der Waals surface area contributed by atoms with Gasteiger partial charge in [-0.3, -0.25) is 9.59 Å². The fourth-order valence-corrected chi connectivity index (χ4v) is 2.63. The summed E-state index contributed by atoms with van der Waals surface area (Å²) in [6.07, 6.45) is 5.15. The molecule has 0 saturated carbocycles. The minimum absolute atomic E-state index is 0.0464. The van der Waals surface area contributed by atoms with Crippen LogP contribution in [0.4, 0.5) is 5.69 Å². The van der Waals surface area contributed by atoms with Gasteiger partial charge in [0.2, 0.25) is 0 Å². The maximum absolute atomic E-state index is 11.1. The first-order chi connectivity index (χ1) is 14.3. The summed E-state index contributed by atoms with van der Waals surface area (Å²) in [7, 11) is 0. The fraction of sp³-hybridized carbons (Fsp3) is 0.190. The Labute approximate surface area is 172 Å². The number of benzene rings is 2. The average molecular weight is 413 g/mol. The standard InChI is InChI=1S/C21H19NO8/c1-2-9-29-16-6-3-14(4-7-16)15-5-8-17(18(10-15)30-13-21(27)28)22(11-19(23)24)12-20(25)26/h1,3-8,10H,9,11-13H2,(H,23,24)(H,25,26)(H,27,28). The van der Waals surface area contributed by atoms with E-state index in [0.717, 1.165) is 10.5 Å². The zero-order chi connectivity index (χ0) is 22.1. The molecule has 2 aromatic carbocycles. The molecule has 2 rings (SSSR count). The lowest BCUT2D eigenvalue weighted by atomic mass is 10.0.